The molecular weight excluding hydrogens is 404 g/mol. The van der Waals surface area contributed by atoms with E-state index in [4.69, 9.17) is 22.8 Å². The molecule has 3 aromatic rings. The van der Waals surface area contributed by atoms with Crippen molar-refractivity contribution in [2.45, 2.75) is 18.5 Å². The lowest BCUT2D eigenvalue weighted by atomic mass is 9.88. The standard InChI is InChI=1S/C23H19ClN2O4/c1-2-11-30-15-9-7-14(8-10-15)22-21-17(16-5-3-4-6-18(16)25-21)12-19(23(28)29)26(22)20(27)13-24/h1,3-10,19,22,25H,11-13H2,(H,28,29)/t19-,22?/m0/s1. The zero-order chi connectivity index (χ0) is 21.3. The third-order valence-electron chi connectivity index (χ3n) is 5.34. The van der Waals surface area contributed by atoms with Gasteiger partial charge in [0.05, 0.1) is 6.04 Å². The lowest BCUT2D eigenvalue weighted by molar-refractivity contribution is -0.151. The summed E-state index contributed by atoms with van der Waals surface area (Å²) in [5.74, 6) is 1.19. The molecule has 1 aromatic heterocycles. The number of hydrogen-bond acceptors (Lipinski definition) is 3. The van der Waals surface area contributed by atoms with Gasteiger partial charge in [-0.2, -0.15) is 0 Å². The van der Waals surface area contributed by atoms with E-state index in [1.165, 1.54) is 4.90 Å². The van der Waals surface area contributed by atoms with E-state index >= 15 is 0 Å². The largest absolute Gasteiger partial charge is 0.481 e. The number of halogens is 1. The molecule has 0 saturated carbocycles. The molecule has 152 valence electrons. The first-order chi connectivity index (χ1) is 14.5. The third kappa shape index (κ3) is 3.38. The molecule has 6 nitrogen and oxygen atoms in total. The van der Waals surface area contributed by atoms with Crippen molar-refractivity contribution in [2.75, 3.05) is 12.5 Å². The maximum Gasteiger partial charge on any atom is 0.326 e. The Morgan fingerprint density at radius 3 is 2.63 bits per heavy atom. The van der Waals surface area contributed by atoms with Gasteiger partial charge >= 0.3 is 5.97 Å². The molecule has 0 bridgehead atoms. The number of benzene rings is 2. The lowest BCUT2D eigenvalue weighted by Gasteiger charge is -2.40. The van der Waals surface area contributed by atoms with Crippen LogP contribution in [0.25, 0.3) is 10.9 Å². The number of carboxylic acid groups (broad SMARTS) is 1. The summed E-state index contributed by atoms with van der Waals surface area (Å²) in [6.07, 6.45) is 5.44. The minimum Gasteiger partial charge on any atom is -0.481 e. The van der Waals surface area contributed by atoms with Crippen LogP contribution in [0.4, 0.5) is 0 Å². The molecule has 1 aliphatic heterocycles. The fourth-order valence-corrected chi connectivity index (χ4v) is 4.21. The Hall–Kier alpha value is -3.43. The number of aromatic nitrogens is 1. The highest BCUT2D eigenvalue weighted by Crippen LogP contribution is 2.41. The summed E-state index contributed by atoms with van der Waals surface area (Å²) in [5.41, 5.74) is 3.34. The summed E-state index contributed by atoms with van der Waals surface area (Å²) < 4.78 is 5.43. The van der Waals surface area contributed by atoms with Gasteiger partial charge in [-0.05, 0) is 29.3 Å². The molecule has 30 heavy (non-hydrogen) atoms. The van der Waals surface area contributed by atoms with E-state index in [0.29, 0.717) is 5.75 Å². The van der Waals surface area contributed by atoms with Crippen LogP contribution in [0.5, 0.6) is 5.75 Å². The number of carbonyl (C=O) groups is 2. The summed E-state index contributed by atoms with van der Waals surface area (Å²) >= 11 is 5.86. The number of H-pyrrole nitrogens is 1. The van der Waals surface area contributed by atoms with E-state index in [9.17, 15) is 14.7 Å². The van der Waals surface area contributed by atoms with Crippen LogP contribution >= 0.6 is 11.6 Å². The molecular formula is C23H19ClN2O4. The second-order valence-electron chi connectivity index (χ2n) is 7.02. The van der Waals surface area contributed by atoms with Crippen LogP contribution in [0.2, 0.25) is 0 Å². The Balaban J connectivity index is 1.88. The number of aliphatic carboxylic acids is 1. The van der Waals surface area contributed by atoms with Crippen LogP contribution in [-0.2, 0) is 16.0 Å². The van der Waals surface area contributed by atoms with Gasteiger partial charge in [-0.15, -0.1) is 18.0 Å². The van der Waals surface area contributed by atoms with Crippen molar-refractivity contribution in [3.8, 4) is 18.1 Å². The van der Waals surface area contributed by atoms with E-state index in [0.717, 1.165) is 27.7 Å². The smallest absolute Gasteiger partial charge is 0.326 e. The van der Waals surface area contributed by atoms with Gasteiger partial charge in [0.1, 0.15) is 24.3 Å². The van der Waals surface area contributed by atoms with Crippen LogP contribution in [0.1, 0.15) is 22.9 Å². The van der Waals surface area contributed by atoms with E-state index < -0.39 is 24.0 Å². The molecule has 1 unspecified atom stereocenters. The number of ether oxygens (including phenoxy) is 1. The third-order valence-corrected chi connectivity index (χ3v) is 5.57. The van der Waals surface area contributed by atoms with Gasteiger partial charge in [-0.25, -0.2) is 4.79 Å². The van der Waals surface area contributed by atoms with E-state index in [-0.39, 0.29) is 18.9 Å². The minimum atomic E-state index is -1.07. The number of nitrogens with one attached hydrogen (secondary N) is 1. The predicted molar refractivity (Wildman–Crippen MR) is 114 cm³/mol. The molecule has 4 rings (SSSR count). The van der Waals surface area contributed by atoms with Crippen molar-refractivity contribution in [1.82, 2.24) is 9.88 Å². The first kappa shape index (κ1) is 19.9. The highest BCUT2D eigenvalue weighted by Gasteiger charge is 2.43. The second-order valence-corrected chi connectivity index (χ2v) is 7.29. The molecule has 0 spiro atoms. The van der Waals surface area contributed by atoms with Crippen LogP contribution in [0.15, 0.2) is 48.5 Å². The lowest BCUT2D eigenvalue weighted by Crippen LogP contribution is -2.52. The monoisotopic (exact) mass is 422 g/mol. The van der Waals surface area contributed by atoms with Gasteiger partial charge in [-0.1, -0.05) is 36.3 Å². The first-order valence-corrected chi connectivity index (χ1v) is 9.94. The normalized spacial score (nSPS) is 17.9. The van der Waals surface area contributed by atoms with Crippen molar-refractivity contribution in [3.63, 3.8) is 0 Å². The van der Waals surface area contributed by atoms with Crippen LogP contribution < -0.4 is 4.74 Å². The van der Waals surface area contributed by atoms with Crippen LogP contribution in [0, 0.1) is 12.3 Å². The summed E-state index contributed by atoms with van der Waals surface area (Å²) in [5, 5.41) is 10.9. The number of terminal acetylenes is 1. The Morgan fingerprint density at radius 2 is 1.97 bits per heavy atom. The molecule has 0 radical (unpaired) electrons. The second kappa shape index (κ2) is 8.13. The van der Waals surface area contributed by atoms with E-state index in [1.54, 1.807) is 12.1 Å². The van der Waals surface area contributed by atoms with Crippen molar-refractivity contribution in [1.29, 1.82) is 0 Å². The summed E-state index contributed by atoms with van der Waals surface area (Å²) in [4.78, 5) is 29.6. The Kier molecular flexibility index (Phi) is 5.39. The Bertz CT molecular complexity index is 1150. The SMILES string of the molecule is C#CCOc1ccc(C2c3[nH]c4ccccc4c3C[C@@H](C(=O)O)N2C(=O)CCl)cc1. The minimum absolute atomic E-state index is 0.146. The van der Waals surface area contributed by atoms with Crippen molar-refractivity contribution < 1.29 is 19.4 Å². The topological polar surface area (TPSA) is 82.6 Å². The molecule has 1 aliphatic rings. The van der Waals surface area contributed by atoms with Crippen molar-refractivity contribution >= 4 is 34.4 Å². The quantitative estimate of drug-likeness (QED) is 0.488. The number of alkyl halides is 1. The number of carbonyl (C=O) groups excluding carboxylic acids is 1. The molecule has 0 aliphatic carbocycles. The highest BCUT2D eigenvalue weighted by atomic mass is 35.5. The zero-order valence-electron chi connectivity index (χ0n) is 16.0. The molecule has 2 N–H and O–H groups in total. The van der Waals surface area contributed by atoms with Crippen LogP contribution in [-0.4, -0.2) is 45.4 Å². The number of hydrogen-bond donors (Lipinski definition) is 2. The van der Waals surface area contributed by atoms with Crippen molar-refractivity contribution in [3.05, 3.63) is 65.4 Å². The predicted octanol–water partition coefficient (Wildman–Crippen LogP) is 3.35. The van der Waals surface area contributed by atoms with Gasteiger partial charge in [0.2, 0.25) is 5.91 Å². The number of aromatic amines is 1. The number of fused-ring (bicyclic) bond motifs is 3. The summed E-state index contributed by atoms with van der Waals surface area (Å²) in [7, 11) is 0. The van der Waals surface area contributed by atoms with Gasteiger partial charge in [0, 0.05) is 23.0 Å². The van der Waals surface area contributed by atoms with E-state index in [2.05, 4.69) is 10.9 Å². The van der Waals surface area contributed by atoms with Gasteiger partial charge in [-0.3, -0.25) is 4.79 Å². The molecule has 0 fully saturated rings. The number of rotatable bonds is 5. The molecule has 2 aromatic carbocycles. The van der Waals surface area contributed by atoms with Crippen molar-refractivity contribution in [2.24, 2.45) is 0 Å². The van der Waals surface area contributed by atoms with Crippen LogP contribution in [0.3, 0.4) is 0 Å². The molecule has 2 atom stereocenters. The number of nitrogens with zero attached hydrogens (tertiary/aromatic N) is 1. The number of para-hydroxylation sites is 1. The molecule has 7 heteroatoms. The molecule has 1 amide bonds. The number of amides is 1. The fraction of sp³-hybridized carbons (Fsp3) is 0.217. The number of carboxylic acids is 1. The highest BCUT2D eigenvalue weighted by molar-refractivity contribution is 6.27. The Morgan fingerprint density at radius 1 is 1.23 bits per heavy atom. The maximum atomic E-state index is 12.8. The molecule has 0 saturated heterocycles. The molecule has 2 heterocycles. The summed E-state index contributed by atoms with van der Waals surface area (Å²) in [6, 6.07) is 13.2. The Labute approximate surface area is 178 Å². The van der Waals surface area contributed by atoms with Gasteiger partial charge in [0.15, 0.2) is 0 Å². The average Bonchev–Trinajstić information content (AvgIpc) is 3.14. The van der Waals surface area contributed by atoms with Gasteiger partial charge in [0.25, 0.3) is 0 Å². The maximum absolute atomic E-state index is 12.8. The zero-order valence-corrected chi connectivity index (χ0v) is 16.7. The average molecular weight is 423 g/mol. The first-order valence-electron chi connectivity index (χ1n) is 9.40. The fourth-order valence-electron chi connectivity index (χ4n) is 4.08. The van der Waals surface area contributed by atoms with Gasteiger partial charge < -0.3 is 19.7 Å². The summed E-state index contributed by atoms with van der Waals surface area (Å²) in [6.45, 7) is 0.146. The van der Waals surface area contributed by atoms with E-state index in [1.807, 2.05) is 36.4 Å².